The lowest BCUT2D eigenvalue weighted by Gasteiger charge is -2.32. The van der Waals surface area contributed by atoms with Gasteiger partial charge in [0.1, 0.15) is 5.82 Å². The van der Waals surface area contributed by atoms with E-state index in [0.29, 0.717) is 6.04 Å². The summed E-state index contributed by atoms with van der Waals surface area (Å²) in [6.07, 6.45) is 5.24. The zero-order chi connectivity index (χ0) is 14.8. The predicted octanol–water partition coefficient (Wildman–Crippen LogP) is 2.91. The molecule has 1 aromatic rings. The normalized spacial score (nSPS) is 25.3. The van der Waals surface area contributed by atoms with Crippen molar-refractivity contribution in [2.24, 2.45) is 5.73 Å². The van der Waals surface area contributed by atoms with E-state index in [1.165, 1.54) is 38.8 Å². The Morgan fingerprint density at radius 2 is 1.95 bits per heavy atom. The lowest BCUT2D eigenvalue weighted by molar-refractivity contribution is 0.175. The van der Waals surface area contributed by atoms with Gasteiger partial charge in [0.05, 0.1) is 0 Å². The van der Waals surface area contributed by atoms with Crippen molar-refractivity contribution in [1.82, 2.24) is 4.90 Å². The van der Waals surface area contributed by atoms with Crippen LogP contribution in [-0.2, 0) is 0 Å². The van der Waals surface area contributed by atoms with Crippen molar-refractivity contribution in [3.63, 3.8) is 0 Å². The van der Waals surface area contributed by atoms with Gasteiger partial charge >= 0.3 is 0 Å². The first kappa shape index (κ1) is 14.8. The fourth-order valence-electron chi connectivity index (χ4n) is 3.72. The molecule has 1 aromatic carbocycles. The third-order valence-electron chi connectivity index (χ3n) is 4.89. The molecule has 116 valence electrons. The Kier molecular flexibility index (Phi) is 4.45. The summed E-state index contributed by atoms with van der Waals surface area (Å²) in [6, 6.07) is 5.55. The maximum absolute atomic E-state index is 13.5. The fraction of sp³-hybridized carbons (Fsp3) is 0.647. The number of anilines is 1. The van der Waals surface area contributed by atoms with Crippen LogP contribution in [0.5, 0.6) is 0 Å². The number of nitrogens with two attached hydrogens (primary N) is 1. The molecule has 2 aliphatic rings. The highest BCUT2D eigenvalue weighted by Crippen LogP contribution is 2.30. The Morgan fingerprint density at radius 1 is 1.19 bits per heavy atom. The highest BCUT2D eigenvalue weighted by atomic mass is 19.1. The maximum atomic E-state index is 13.5. The lowest BCUT2D eigenvalue weighted by Crippen LogP contribution is -2.41. The van der Waals surface area contributed by atoms with Gasteiger partial charge in [0.25, 0.3) is 0 Å². The molecule has 2 unspecified atom stereocenters. The van der Waals surface area contributed by atoms with Gasteiger partial charge in [-0.1, -0.05) is 6.42 Å². The molecule has 0 amide bonds. The van der Waals surface area contributed by atoms with Gasteiger partial charge in [0.15, 0.2) is 0 Å². The minimum Gasteiger partial charge on any atom is -0.370 e. The van der Waals surface area contributed by atoms with Crippen molar-refractivity contribution in [3.8, 4) is 0 Å². The molecule has 4 heteroatoms. The summed E-state index contributed by atoms with van der Waals surface area (Å²) in [5.41, 5.74) is 8.07. The molecule has 2 N–H and O–H groups in total. The van der Waals surface area contributed by atoms with E-state index in [2.05, 4.69) is 9.80 Å². The number of hydrogen-bond acceptors (Lipinski definition) is 3. The van der Waals surface area contributed by atoms with E-state index in [1.807, 2.05) is 13.0 Å². The van der Waals surface area contributed by atoms with Crippen LogP contribution in [-0.4, -0.2) is 37.1 Å². The second-order valence-electron chi connectivity index (χ2n) is 6.48. The van der Waals surface area contributed by atoms with Gasteiger partial charge < -0.3 is 10.6 Å². The highest BCUT2D eigenvalue weighted by molar-refractivity contribution is 5.56. The van der Waals surface area contributed by atoms with Crippen LogP contribution in [0.25, 0.3) is 0 Å². The number of likely N-dealkylation sites (tertiary alicyclic amines) is 1. The molecule has 2 atom stereocenters. The first-order chi connectivity index (χ1) is 10.1. The van der Waals surface area contributed by atoms with Gasteiger partial charge in [0, 0.05) is 30.9 Å². The average Bonchev–Trinajstić information content (AvgIpc) is 2.97. The molecule has 0 radical (unpaired) electrons. The molecule has 2 saturated heterocycles. The molecule has 3 nitrogen and oxygen atoms in total. The molecule has 0 aromatic heterocycles. The summed E-state index contributed by atoms with van der Waals surface area (Å²) >= 11 is 0. The number of rotatable bonds is 3. The summed E-state index contributed by atoms with van der Waals surface area (Å²) in [7, 11) is 0. The molecular formula is C17H26FN3. The first-order valence-electron chi connectivity index (χ1n) is 8.19. The minimum absolute atomic E-state index is 0.135. The van der Waals surface area contributed by atoms with Crippen LogP contribution in [0, 0.1) is 5.82 Å². The molecule has 0 aliphatic carbocycles. The van der Waals surface area contributed by atoms with Crippen molar-refractivity contribution in [1.29, 1.82) is 0 Å². The van der Waals surface area contributed by atoms with E-state index in [1.54, 1.807) is 12.1 Å². The molecular weight excluding hydrogens is 265 g/mol. The van der Waals surface area contributed by atoms with Gasteiger partial charge in [-0.25, -0.2) is 4.39 Å². The van der Waals surface area contributed by atoms with Crippen molar-refractivity contribution < 1.29 is 4.39 Å². The van der Waals surface area contributed by atoms with E-state index < -0.39 is 0 Å². The van der Waals surface area contributed by atoms with Crippen molar-refractivity contribution in [2.45, 2.75) is 44.7 Å². The summed E-state index contributed by atoms with van der Waals surface area (Å²) in [4.78, 5) is 5.02. The summed E-state index contributed by atoms with van der Waals surface area (Å²) in [5, 5.41) is 0. The van der Waals surface area contributed by atoms with E-state index in [0.717, 1.165) is 24.3 Å². The number of hydrogen-bond donors (Lipinski definition) is 1. The fourth-order valence-corrected chi connectivity index (χ4v) is 3.72. The van der Waals surface area contributed by atoms with Crippen LogP contribution < -0.4 is 10.6 Å². The first-order valence-corrected chi connectivity index (χ1v) is 8.19. The zero-order valence-corrected chi connectivity index (χ0v) is 12.9. The Balaban J connectivity index is 1.73. The second kappa shape index (κ2) is 6.32. The van der Waals surface area contributed by atoms with Gasteiger partial charge in [0.2, 0.25) is 0 Å². The highest BCUT2D eigenvalue weighted by Gasteiger charge is 2.29. The summed E-state index contributed by atoms with van der Waals surface area (Å²) in [5.74, 6) is -0.196. The third-order valence-corrected chi connectivity index (χ3v) is 4.89. The van der Waals surface area contributed by atoms with E-state index in [4.69, 9.17) is 5.73 Å². The third kappa shape index (κ3) is 3.22. The molecule has 2 heterocycles. The molecule has 3 rings (SSSR count). The van der Waals surface area contributed by atoms with E-state index in [9.17, 15) is 4.39 Å². The molecule has 0 saturated carbocycles. The standard InChI is InChI=1S/C17H26FN3/c1-13(19)16-11-14(18)5-6-17(16)21-10-7-15(12-21)20-8-3-2-4-9-20/h5-6,11,13,15H,2-4,7-10,12,19H2,1H3. The number of benzene rings is 1. The van der Waals surface area contributed by atoms with Gasteiger partial charge in [-0.15, -0.1) is 0 Å². The quantitative estimate of drug-likeness (QED) is 0.929. The Labute approximate surface area is 126 Å². The Morgan fingerprint density at radius 3 is 2.67 bits per heavy atom. The number of nitrogens with zero attached hydrogens (tertiary/aromatic N) is 2. The zero-order valence-electron chi connectivity index (χ0n) is 12.9. The average molecular weight is 291 g/mol. The lowest BCUT2D eigenvalue weighted by atomic mass is 10.1. The SMILES string of the molecule is CC(N)c1cc(F)ccc1N1CCC(N2CCCCC2)C1. The van der Waals surface area contributed by atoms with Crippen molar-refractivity contribution in [3.05, 3.63) is 29.6 Å². The minimum atomic E-state index is -0.196. The summed E-state index contributed by atoms with van der Waals surface area (Å²) in [6.45, 7) is 6.50. The van der Waals surface area contributed by atoms with Crippen LogP contribution in [0.1, 0.15) is 44.2 Å². The van der Waals surface area contributed by atoms with Crippen LogP contribution in [0.4, 0.5) is 10.1 Å². The smallest absolute Gasteiger partial charge is 0.123 e. The molecule has 21 heavy (non-hydrogen) atoms. The molecule has 2 aliphatic heterocycles. The number of piperidine rings is 1. The van der Waals surface area contributed by atoms with Crippen LogP contribution in [0.3, 0.4) is 0 Å². The largest absolute Gasteiger partial charge is 0.370 e. The van der Waals surface area contributed by atoms with Crippen LogP contribution >= 0.6 is 0 Å². The monoisotopic (exact) mass is 291 g/mol. The van der Waals surface area contributed by atoms with E-state index >= 15 is 0 Å². The van der Waals surface area contributed by atoms with Gasteiger partial charge in [-0.3, -0.25) is 4.90 Å². The molecule has 0 bridgehead atoms. The molecule has 2 fully saturated rings. The van der Waals surface area contributed by atoms with Gasteiger partial charge in [-0.2, -0.15) is 0 Å². The number of halogens is 1. The van der Waals surface area contributed by atoms with Crippen LogP contribution in [0.2, 0.25) is 0 Å². The Bertz CT molecular complexity index is 483. The van der Waals surface area contributed by atoms with Crippen molar-refractivity contribution >= 4 is 5.69 Å². The van der Waals surface area contributed by atoms with E-state index in [-0.39, 0.29) is 11.9 Å². The Hall–Kier alpha value is -1.13. The predicted molar refractivity (Wildman–Crippen MR) is 85.0 cm³/mol. The maximum Gasteiger partial charge on any atom is 0.123 e. The van der Waals surface area contributed by atoms with Gasteiger partial charge in [-0.05, 0) is 63.0 Å². The summed E-state index contributed by atoms with van der Waals surface area (Å²) < 4.78 is 13.5. The van der Waals surface area contributed by atoms with Crippen molar-refractivity contribution in [2.75, 3.05) is 31.1 Å². The topological polar surface area (TPSA) is 32.5 Å². The van der Waals surface area contributed by atoms with Crippen LogP contribution in [0.15, 0.2) is 18.2 Å². The second-order valence-corrected chi connectivity index (χ2v) is 6.48. The molecule has 0 spiro atoms.